The van der Waals surface area contributed by atoms with Crippen molar-refractivity contribution in [2.24, 2.45) is 12.5 Å². The summed E-state index contributed by atoms with van der Waals surface area (Å²) >= 11 is 0. The second-order valence-corrected chi connectivity index (χ2v) is 11.4. The molecule has 0 amide bonds. The van der Waals surface area contributed by atoms with E-state index in [1.165, 1.54) is 0 Å². The minimum Gasteiger partial charge on any atom is -0.455 e. The molecule has 0 aliphatic rings. The van der Waals surface area contributed by atoms with Crippen molar-refractivity contribution in [1.29, 1.82) is 0 Å². The highest BCUT2D eigenvalue weighted by molar-refractivity contribution is 6.10. The molecule has 0 aliphatic carbocycles. The molecule has 0 atom stereocenters. The number of fused-ring (bicyclic) bond motifs is 3. The quantitative estimate of drug-likeness (QED) is 0.214. The third-order valence-corrected chi connectivity index (χ3v) is 7.20. The maximum absolute atomic E-state index is 8.68. The fourth-order valence-electron chi connectivity index (χ4n) is 5.37. The predicted octanol–water partition coefficient (Wildman–Crippen LogP) is 9.62. The first-order valence-electron chi connectivity index (χ1n) is 15.8. The Balaban J connectivity index is 1.55. The number of pyridine rings is 1. The fourth-order valence-corrected chi connectivity index (χ4v) is 5.37. The summed E-state index contributed by atoms with van der Waals surface area (Å²) in [6.45, 7) is 5.32. The summed E-state index contributed by atoms with van der Waals surface area (Å²) in [5, 5.41) is 2.02. The Morgan fingerprint density at radius 2 is 1.51 bits per heavy atom. The number of furan rings is 1. The van der Waals surface area contributed by atoms with Gasteiger partial charge in [0.2, 0.25) is 5.69 Å². The molecule has 0 unspecified atom stereocenters. The minimum absolute atomic E-state index is 0.234. The van der Waals surface area contributed by atoms with E-state index in [-0.39, 0.29) is 5.56 Å². The van der Waals surface area contributed by atoms with Gasteiger partial charge in [-0.3, -0.25) is 0 Å². The molecule has 0 radical (unpaired) electrons. The first kappa shape index (κ1) is 19.8. The summed E-state index contributed by atoms with van der Waals surface area (Å²) in [4.78, 5) is 0. The summed E-state index contributed by atoms with van der Waals surface area (Å²) in [6.07, 6.45) is 0.134. The van der Waals surface area contributed by atoms with Crippen LogP contribution >= 0.6 is 0 Å². The van der Waals surface area contributed by atoms with Crippen molar-refractivity contribution < 1.29 is 15.8 Å². The van der Waals surface area contributed by atoms with Gasteiger partial charge in [0.15, 0.2) is 6.20 Å². The van der Waals surface area contributed by atoms with Gasteiger partial charge in [-0.05, 0) is 71.1 Å². The van der Waals surface area contributed by atoms with Crippen LogP contribution in [0.2, 0.25) is 0 Å². The summed E-state index contributed by atoms with van der Waals surface area (Å²) in [7, 11) is 1.86. The lowest BCUT2D eigenvalue weighted by Crippen LogP contribution is -2.31. The zero-order chi connectivity index (χ0) is 31.6. The van der Waals surface area contributed by atoms with Gasteiger partial charge >= 0.3 is 0 Å². The molecule has 0 saturated carbocycles. The Bertz CT molecular complexity index is 2010. The van der Waals surface area contributed by atoms with E-state index in [0.717, 1.165) is 49.9 Å². The van der Waals surface area contributed by atoms with Gasteiger partial charge in [0.05, 0.1) is 5.56 Å². The highest BCUT2D eigenvalue weighted by atomic mass is 16.3. The third kappa shape index (κ3) is 4.76. The first-order valence-corrected chi connectivity index (χ1v) is 13.3. The van der Waals surface area contributed by atoms with Crippen LogP contribution in [0.3, 0.4) is 0 Å². The van der Waals surface area contributed by atoms with Crippen molar-refractivity contribution in [1.82, 2.24) is 0 Å². The van der Waals surface area contributed by atoms with Crippen molar-refractivity contribution in [3.05, 3.63) is 114 Å². The van der Waals surface area contributed by atoms with Gasteiger partial charge in [0, 0.05) is 29.3 Å². The number of rotatable bonds is 4. The number of hydrogen-bond acceptors (Lipinski definition) is 1. The lowest BCUT2D eigenvalue weighted by molar-refractivity contribution is -0.660. The van der Waals surface area contributed by atoms with Crippen LogP contribution in [0.25, 0.3) is 55.4 Å². The minimum atomic E-state index is -2.35. The van der Waals surface area contributed by atoms with E-state index >= 15 is 0 Å². The number of nitrogens with zero attached hydrogens (tertiary/aromatic N) is 1. The van der Waals surface area contributed by atoms with Gasteiger partial charge in [0.1, 0.15) is 18.2 Å². The van der Waals surface area contributed by atoms with Crippen LogP contribution in [-0.2, 0) is 13.4 Å². The third-order valence-electron chi connectivity index (χ3n) is 7.20. The van der Waals surface area contributed by atoms with E-state index in [2.05, 4.69) is 42.5 Å². The Morgan fingerprint density at radius 1 is 0.795 bits per heavy atom. The predicted molar refractivity (Wildman–Crippen MR) is 164 cm³/mol. The number of aromatic nitrogens is 1. The normalized spacial score (nSPS) is 14.5. The Kier molecular flexibility index (Phi) is 4.85. The summed E-state index contributed by atoms with van der Waals surface area (Å²) in [5.74, 6) is 0. The van der Waals surface area contributed by atoms with E-state index in [1.807, 2.05) is 75.7 Å². The second kappa shape index (κ2) is 9.54. The average molecular weight is 516 g/mol. The monoisotopic (exact) mass is 515 g/mol. The average Bonchev–Trinajstić information content (AvgIpc) is 3.34. The van der Waals surface area contributed by atoms with E-state index in [0.29, 0.717) is 16.7 Å². The molecule has 0 spiro atoms. The Hall–Kier alpha value is -4.17. The Labute approximate surface area is 238 Å². The molecular weight excluding hydrogens is 474 g/mol. The highest BCUT2D eigenvalue weighted by Crippen LogP contribution is 2.39. The van der Waals surface area contributed by atoms with Crippen LogP contribution < -0.4 is 4.57 Å². The lowest BCUT2D eigenvalue weighted by Gasteiger charge is -2.18. The highest BCUT2D eigenvalue weighted by Gasteiger charge is 2.23. The summed E-state index contributed by atoms with van der Waals surface area (Å²) < 4.78 is 50.8. The number of aryl methyl sites for hydroxylation is 3. The van der Waals surface area contributed by atoms with Gasteiger partial charge in [-0.25, -0.2) is 4.57 Å². The standard InChI is InChI=1S/C37H36NO/c1-24-12-18-31-30-19-17-29(27-10-8-7-9-11-27)20-34(30)39-36(31)35(24)33-21-32(25(2)23-38(33)6)28-15-13-26(14-16-28)22-37(3,4)5/h7-21,23H,22H2,1-6H3/q+1/i2D3,22D2. The van der Waals surface area contributed by atoms with E-state index in [1.54, 1.807) is 18.3 Å². The van der Waals surface area contributed by atoms with Crippen molar-refractivity contribution >= 4 is 21.9 Å². The zero-order valence-electron chi connectivity index (χ0n) is 28.1. The molecule has 2 heterocycles. The molecule has 0 aliphatic heterocycles. The van der Waals surface area contributed by atoms with E-state index in [4.69, 9.17) is 11.3 Å². The molecule has 4 aromatic carbocycles. The van der Waals surface area contributed by atoms with Gasteiger partial charge < -0.3 is 4.42 Å². The summed E-state index contributed by atoms with van der Waals surface area (Å²) in [6, 6.07) is 29.8. The first-order chi connectivity index (χ1) is 20.7. The van der Waals surface area contributed by atoms with Crippen LogP contribution in [0.4, 0.5) is 0 Å². The topological polar surface area (TPSA) is 17.0 Å². The van der Waals surface area contributed by atoms with Gasteiger partial charge in [-0.2, -0.15) is 0 Å². The second-order valence-electron chi connectivity index (χ2n) is 11.4. The molecule has 39 heavy (non-hydrogen) atoms. The SMILES string of the molecule is [2H]C([2H])([2H])c1c[n+](C)c(-c2c(C)ccc3c2oc2cc(-c4ccccc4)ccc23)cc1-c1ccc(C([2H])([2H])C(C)(C)C)cc1. The summed E-state index contributed by atoms with van der Waals surface area (Å²) in [5.41, 5.74) is 7.96. The van der Waals surface area contributed by atoms with Crippen molar-refractivity contribution in [3.8, 4) is 33.5 Å². The van der Waals surface area contributed by atoms with Crippen LogP contribution in [0, 0.1) is 19.2 Å². The number of hydrogen-bond donors (Lipinski definition) is 0. The molecule has 6 rings (SSSR count). The van der Waals surface area contributed by atoms with Crippen LogP contribution in [-0.4, -0.2) is 0 Å². The zero-order valence-corrected chi connectivity index (χ0v) is 23.1. The smallest absolute Gasteiger partial charge is 0.216 e. The molecule has 194 valence electrons. The Morgan fingerprint density at radius 3 is 2.23 bits per heavy atom. The fraction of sp³-hybridized carbons (Fsp3) is 0.216. The van der Waals surface area contributed by atoms with Crippen molar-refractivity contribution in [3.63, 3.8) is 0 Å². The largest absolute Gasteiger partial charge is 0.455 e. The molecule has 2 aromatic heterocycles. The molecule has 0 bridgehead atoms. The molecule has 0 saturated heterocycles. The van der Waals surface area contributed by atoms with Gasteiger partial charge in [-0.15, -0.1) is 0 Å². The van der Waals surface area contributed by atoms with Crippen molar-refractivity contribution in [2.45, 2.75) is 40.9 Å². The molecular formula is C37H36NO+. The molecule has 0 N–H and O–H groups in total. The van der Waals surface area contributed by atoms with Gasteiger partial charge in [0.25, 0.3) is 0 Å². The van der Waals surface area contributed by atoms with Crippen LogP contribution in [0.1, 0.15) is 44.3 Å². The maximum atomic E-state index is 8.68. The van der Waals surface area contributed by atoms with Gasteiger partial charge in [-0.1, -0.05) is 93.6 Å². The van der Waals surface area contributed by atoms with E-state index in [9.17, 15) is 0 Å². The van der Waals surface area contributed by atoms with Crippen LogP contribution in [0.5, 0.6) is 0 Å². The molecule has 2 nitrogen and oxygen atoms in total. The molecule has 2 heteroatoms. The van der Waals surface area contributed by atoms with E-state index < -0.39 is 18.6 Å². The number of benzene rings is 4. The van der Waals surface area contributed by atoms with Crippen molar-refractivity contribution in [2.75, 3.05) is 0 Å². The maximum Gasteiger partial charge on any atom is 0.216 e. The molecule has 0 fully saturated rings. The van der Waals surface area contributed by atoms with Crippen LogP contribution in [0.15, 0.2) is 102 Å². The lowest BCUT2D eigenvalue weighted by atomic mass is 9.87. The molecule has 6 aromatic rings.